The van der Waals surface area contributed by atoms with Crippen molar-refractivity contribution in [3.8, 4) is 0 Å². The maximum absolute atomic E-state index is 12.7. The number of nitrogens with one attached hydrogen (secondary N) is 2. The lowest BCUT2D eigenvalue weighted by atomic mass is 9.85. The summed E-state index contributed by atoms with van der Waals surface area (Å²) in [5.41, 5.74) is -0.117. The summed E-state index contributed by atoms with van der Waals surface area (Å²) in [5, 5.41) is 5.23. The molecule has 6 nitrogen and oxygen atoms in total. The molecule has 0 saturated carbocycles. The van der Waals surface area contributed by atoms with Crippen molar-refractivity contribution >= 4 is 17.7 Å². The summed E-state index contributed by atoms with van der Waals surface area (Å²) in [5.74, 6) is -0.597. The predicted molar refractivity (Wildman–Crippen MR) is 80.5 cm³/mol. The zero-order valence-corrected chi connectivity index (χ0v) is 13.8. The van der Waals surface area contributed by atoms with Gasteiger partial charge in [-0.05, 0) is 25.2 Å². The topological polar surface area (TPSA) is 78.5 Å². The maximum atomic E-state index is 12.7. The van der Waals surface area contributed by atoms with Gasteiger partial charge >= 0.3 is 0 Å². The molecule has 0 aromatic heterocycles. The second-order valence-electron chi connectivity index (χ2n) is 6.76. The highest BCUT2D eigenvalue weighted by Crippen LogP contribution is 2.36. The van der Waals surface area contributed by atoms with Crippen molar-refractivity contribution in [3.63, 3.8) is 0 Å². The van der Waals surface area contributed by atoms with E-state index in [1.165, 1.54) is 6.92 Å². The minimum Gasteiger partial charge on any atom is -0.357 e. The fourth-order valence-electron chi connectivity index (χ4n) is 2.98. The third-order valence-electron chi connectivity index (χ3n) is 3.98. The van der Waals surface area contributed by atoms with Crippen LogP contribution in [0.1, 0.15) is 47.5 Å². The maximum Gasteiger partial charge on any atom is 0.245 e. The van der Waals surface area contributed by atoms with E-state index in [1.54, 1.807) is 18.9 Å². The van der Waals surface area contributed by atoms with Gasteiger partial charge in [0.25, 0.3) is 0 Å². The molecule has 0 aromatic carbocycles. The number of likely N-dealkylation sites (tertiary alicyclic amines) is 1. The van der Waals surface area contributed by atoms with Crippen molar-refractivity contribution in [1.82, 2.24) is 15.5 Å². The quantitative estimate of drug-likeness (QED) is 0.803. The summed E-state index contributed by atoms with van der Waals surface area (Å²) in [6.45, 7) is 9.22. The van der Waals surface area contributed by atoms with Crippen molar-refractivity contribution in [2.45, 2.75) is 65.6 Å². The van der Waals surface area contributed by atoms with Crippen LogP contribution in [0.4, 0.5) is 0 Å². The number of nitrogens with zero attached hydrogens (tertiary/aromatic N) is 1. The summed E-state index contributed by atoms with van der Waals surface area (Å²) in [6.07, 6.45) is 1.44. The lowest BCUT2D eigenvalue weighted by Crippen LogP contribution is -2.56. The molecule has 3 atom stereocenters. The first-order valence-corrected chi connectivity index (χ1v) is 7.40. The second kappa shape index (κ2) is 6.45. The molecule has 1 fully saturated rings. The zero-order chi connectivity index (χ0) is 16.4. The standard InChI is InChI=1S/C15H27N3O3/c1-9(17-10(2)19)14(21)18-11(13(20)16-6)7-8-12(18)15(3,4)5/h9,11-12H,7-8H2,1-6H3,(H,16,20)(H,17,19)/t9-,11-,12+/m0/s1. The zero-order valence-electron chi connectivity index (χ0n) is 13.8. The van der Waals surface area contributed by atoms with E-state index in [9.17, 15) is 14.4 Å². The average molecular weight is 297 g/mol. The molecular weight excluding hydrogens is 270 g/mol. The monoisotopic (exact) mass is 297 g/mol. The number of amides is 3. The summed E-state index contributed by atoms with van der Waals surface area (Å²) in [7, 11) is 1.58. The van der Waals surface area contributed by atoms with E-state index in [4.69, 9.17) is 0 Å². The molecule has 0 aromatic rings. The minimum absolute atomic E-state index is 0.0106. The molecule has 1 aliphatic heterocycles. The van der Waals surface area contributed by atoms with Crippen molar-refractivity contribution < 1.29 is 14.4 Å². The molecule has 1 rings (SSSR count). The highest BCUT2D eigenvalue weighted by molar-refractivity contribution is 5.92. The predicted octanol–water partition coefficient (Wildman–Crippen LogP) is 0.663. The number of hydrogen-bond donors (Lipinski definition) is 2. The molecule has 0 radical (unpaired) electrons. The van der Waals surface area contributed by atoms with Crippen LogP contribution in [0.2, 0.25) is 0 Å². The van der Waals surface area contributed by atoms with Crippen LogP contribution in [0.15, 0.2) is 0 Å². The van der Waals surface area contributed by atoms with E-state index < -0.39 is 12.1 Å². The Morgan fingerprint density at radius 3 is 2.19 bits per heavy atom. The van der Waals surface area contributed by atoms with Crippen LogP contribution in [-0.2, 0) is 14.4 Å². The van der Waals surface area contributed by atoms with E-state index in [2.05, 4.69) is 31.4 Å². The largest absolute Gasteiger partial charge is 0.357 e. The van der Waals surface area contributed by atoms with Crippen molar-refractivity contribution in [2.24, 2.45) is 5.41 Å². The van der Waals surface area contributed by atoms with Crippen LogP contribution in [0.25, 0.3) is 0 Å². The van der Waals surface area contributed by atoms with Gasteiger partial charge in [0, 0.05) is 20.0 Å². The van der Waals surface area contributed by atoms with E-state index in [-0.39, 0.29) is 29.2 Å². The molecular formula is C15H27N3O3. The number of rotatable bonds is 3. The van der Waals surface area contributed by atoms with Gasteiger partial charge in [0.15, 0.2) is 0 Å². The number of hydrogen-bond acceptors (Lipinski definition) is 3. The molecule has 0 bridgehead atoms. The van der Waals surface area contributed by atoms with Gasteiger partial charge in [0.1, 0.15) is 12.1 Å². The molecule has 21 heavy (non-hydrogen) atoms. The molecule has 6 heteroatoms. The summed E-state index contributed by atoms with van der Waals surface area (Å²) in [4.78, 5) is 37.6. The summed E-state index contributed by atoms with van der Waals surface area (Å²) >= 11 is 0. The van der Waals surface area contributed by atoms with Crippen molar-refractivity contribution in [3.05, 3.63) is 0 Å². The molecule has 1 aliphatic rings. The van der Waals surface area contributed by atoms with Crippen LogP contribution < -0.4 is 10.6 Å². The van der Waals surface area contributed by atoms with Gasteiger partial charge in [-0.15, -0.1) is 0 Å². The number of likely N-dealkylation sites (N-methyl/N-ethyl adjacent to an activating group) is 1. The fourth-order valence-corrected chi connectivity index (χ4v) is 2.98. The van der Waals surface area contributed by atoms with Crippen LogP contribution in [-0.4, -0.2) is 47.8 Å². The van der Waals surface area contributed by atoms with Gasteiger partial charge in [-0.3, -0.25) is 14.4 Å². The molecule has 1 heterocycles. The van der Waals surface area contributed by atoms with Gasteiger partial charge in [-0.1, -0.05) is 20.8 Å². The Bertz CT molecular complexity index is 428. The Labute approximate surface area is 126 Å². The van der Waals surface area contributed by atoms with Gasteiger partial charge in [-0.25, -0.2) is 0 Å². The summed E-state index contributed by atoms with van der Waals surface area (Å²) < 4.78 is 0. The van der Waals surface area contributed by atoms with Crippen LogP contribution >= 0.6 is 0 Å². The van der Waals surface area contributed by atoms with Crippen LogP contribution in [0.5, 0.6) is 0 Å². The smallest absolute Gasteiger partial charge is 0.245 e. The van der Waals surface area contributed by atoms with E-state index >= 15 is 0 Å². The fraction of sp³-hybridized carbons (Fsp3) is 0.800. The average Bonchev–Trinajstić information content (AvgIpc) is 2.80. The summed E-state index contributed by atoms with van der Waals surface area (Å²) in [6, 6.07) is -1.09. The van der Waals surface area contributed by atoms with E-state index in [0.29, 0.717) is 6.42 Å². The van der Waals surface area contributed by atoms with Gasteiger partial charge < -0.3 is 15.5 Å². The first kappa shape index (κ1) is 17.5. The second-order valence-corrected chi connectivity index (χ2v) is 6.76. The SMILES string of the molecule is CNC(=O)[C@@H]1CC[C@H](C(C)(C)C)N1C(=O)[C@H](C)NC(C)=O. The third-order valence-corrected chi connectivity index (χ3v) is 3.98. The first-order valence-electron chi connectivity index (χ1n) is 7.40. The van der Waals surface area contributed by atoms with Crippen molar-refractivity contribution in [1.29, 1.82) is 0 Å². The molecule has 0 spiro atoms. The minimum atomic E-state index is -0.627. The molecule has 120 valence electrons. The third kappa shape index (κ3) is 3.95. The van der Waals surface area contributed by atoms with Crippen LogP contribution in [0, 0.1) is 5.41 Å². The van der Waals surface area contributed by atoms with E-state index in [0.717, 1.165) is 6.42 Å². The Morgan fingerprint density at radius 1 is 1.19 bits per heavy atom. The van der Waals surface area contributed by atoms with E-state index in [1.807, 2.05) is 0 Å². The van der Waals surface area contributed by atoms with Crippen molar-refractivity contribution in [2.75, 3.05) is 7.05 Å². The molecule has 1 saturated heterocycles. The Morgan fingerprint density at radius 2 is 1.76 bits per heavy atom. The normalized spacial score (nSPS) is 23.6. The van der Waals surface area contributed by atoms with Gasteiger partial charge in [0.05, 0.1) is 0 Å². The van der Waals surface area contributed by atoms with Crippen LogP contribution in [0.3, 0.4) is 0 Å². The molecule has 0 aliphatic carbocycles. The molecule has 2 N–H and O–H groups in total. The highest BCUT2D eigenvalue weighted by atomic mass is 16.2. The Balaban J connectivity index is 3.04. The molecule has 0 unspecified atom stereocenters. The Kier molecular flexibility index (Phi) is 5.36. The lowest BCUT2D eigenvalue weighted by Gasteiger charge is -2.38. The van der Waals surface area contributed by atoms with Gasteiger partial charge in [-0.2, -0.15) is 0 Å². The highest BCUT2D eigenvalue weighted by Gasteiger charge is 2.46. The van der Waals surface area contributed by atoms with Gasteiger partial charge in [0.2, 0.25) is 17.7 Å². The first-order chi connectivity index (χ1) is 9.59. The lowest BCUT2D eigenvalue weighted by molar-refractivity contribution is -0.144. The Hall–Kier alpha value is -1.59. The number of carbonyl (C=O) groups excluding carboxylic acids is 3. The number of carbonyl (C=O) groups is 3. The molecule has 3 amide bonds.